The van der Waals surface area contributed by atoms with Gasteiger partial charge in [0.2, 0.25) is 0 Å². The lowest BCUT2D eigenvalue weighted by molar-refractivity contribution is 0.299. The van der Waals surface area contributed by atoms with Crippen LogP contribution in [0.4, 0.5) is 14.6 Å². The van der Waals surface area contributed by atoms with Crippen LogP contribution < -0.4 is 10.5 Å². The lowest BCUT2D eigenvalue weighted by Crippen LogP contribution is -2.04. The third-order valence-corrected chi connectivity index (χ3v) is 2.94. The Morgan fingerprint density at radius 1 is 1.32 bits per heavy atom. The van der Waals surface area contributed by atoms with E-state index in [9.17, 15) is 8.78 Å². The summed E-state index contributed by atoms with van der Waals surface area (Å²) in [5.41, 5.74) is 6.41. The summed E-state index contributed by atoms with van der Waals surface area (Å²) in [6.07, 6.45) is 1.58. The molecule has 2 N–H and O–H groups in total. The number of hydrogen-bond acceptors (Lipinski definition) is 3. The summed E-state index contributed by atoms with van der Waals surface area (Å²) in [6.45, 7) is 1.59. The van der Waals surface area contributed by atoms with Gasteiger partial charge >= 0.3 is 0 Å². The highest BCUT2D eigenvalue weighted by atomic mass is 35.5. The Kier molecular flexibility index (Phi) is 3.85. The standard InChI is InChI=1S/C13H11ClF2N2O/c1-7-4-11(13(17)18-5-7)19-6-8-9(15)2-3-10(16)12(8)14/h2-5H,6H2,1H3,(H2,17,18). The van der Waals surface area contributed by atoms with Crippen LogP contribution in [0.2, 0.25) is 5.02 Å². The molecule has 0 unspecified atom stereocenters. The van der Waals surface area contributed by atoms with E-state index in [1.807, 2.05) is 6.92 Å². The molecule has 0 aliphatic rings. The summed E-state index contributed by atoms with van der Waals surface area (Å²) in [5.74, 6) is -0.846. The van der Waals surface area contributed by atoms with Crippen molar-refractivity contribution in [3.05, 3.63) is 52.2 Å². The number of nitrogens with zero attached hydrogens (tertiary/aromatic N) is 1. The number of nitrogens with two attached hydrogens (primary N) is 1. The van der Waals surface area contributed by atoms with Gasteiger partial charge in [-0.1, -0.05) is 11.6 Å². The van der Waals surface area contributed by atoms with Crippen LogP contribution in [0.25, 0.3) is 0 Å². The first kappa shape index (κ1) is 13.5. The Balaban J connectivity index is 2.24. The van der Waals surface area contributed by atoms with Crippen LogP contribution in [0.15, 0.2) is 24.4 Å². The molecule has 0 aliphatic carbocycles. The van der Waals surface area contributed by atoms with E-state index in [2.05, 4.69) is 4.98 Å². The molecular formula is C13H11ClF2N2O. The average molecular weight is 285 g/mol. The van der Waals surface area contributed by atoms with Crippen molar-refractivity contribution >= 4 is 17.4 Å². The monoisotopic (exact) mass is 284 g/mol. The third kappa shape index (κ3) is 2.93. The number of rotatable bonds is 3. The van der Waals surface area contributed by atoms with Gasteiger partial charge in [-0.3, -0.25) is 0 Å². The Labute approximate surface area is 114 Å². The molecule has 19 heavy (non-hydrogen) atoms. The maximum Gasteiger partial charge on any atom is 0.166 e. The molecule has 0 amide bonds. The molecule has 3 nitrogen and oxygen atoms in total. The number of ether oxygens (including phenoxy) is 1. The van der Waals surface area contributed by atoms with E-state index in [1.165, 1.54) is 0 Å². The van der Waals surface area contributed by atoms with Crippen LogP contribution in [0, 0.1) is 18.6 Å². The van der Waals surface area contributed by atoms with Crippen LogP contribution in [0.1, 0.15) is 11.1 Å². The van der Waals surface area contributed by atoms with E-state index >= 15 is 0 Å². The Bertz CT molecular complexity index is 620. The number of aromatic nitrogens is 1. The van der Waals surface area contributed by atoms with Crippen molar-refractivity contribution in [3.63, 3.8) is 0 Å². The molecule has 2 aromatic rings. The zero-order chi connectivity index (χ0) is 14.0. The molecule has 1 heterocycles. The van der Waals surface area contributed by atoms with Crippen molar-refractivity contribution in [2.45, 2.75) is 13.5 Å². The van der Waals surface area contributed by atoms with Gasteiger partial charge in [0.25, 0.3) is 0 Å². The van der Waals surface area contributed by atoms with Crippen molar-refractivity contribution in [1.29, 1.82) is 0 Å². The smallest absolute Gasteiger partial charge is 0.166 e. The SMILES string of the molecule is Cc1cnc(N)c(OCc2c(F)ccc(F)c2Cl)c1. The third-order valence-electron chi connectivity index (χ3n) is 2.53. The molecule has 6 heteroatoms. The van der Waals surface area contributed by atoms with E-state index in [0.29, 0.717) is 5.75 Å². The average Bonchev–Trinajstić information content (AvgIpc) is 2.38. The Morgan fingerprint density at radius 3 is 2.74 bits per heavy atom. The Hall–Kier alpha value is -1.88. The van der Waals surface area contributed by atoms with Crippen molar-refractivity contribution < 1.29 is 13.5 Å². The minimum atomic E-state index is -0.697. The van der Waals surface area contributed by atoms with Gasteiger partial charge in [-0.2, -0.15) is 0 Å². The topological polar surface area (TPSA) is 48.1 Å². The molecule has 0 radical (unpaired) electrons. The summed E-state index contributed by atoms with van der Waals surface area (Å²) in [6, 6.07) is 3.62. The molecule has 2 rings (SSSR count). The number of hydrogen-bond donors (Lipinski definition) is 1. The molecular weight excluding hydrogens is 274 g/mol. The minimum absolute atomic E-state index is 0.0532. The first-order chi connectivity index (χ1) is 8.99. The molecule has 0 spiro atoms. The highest BCUT2D eigenvalue weighted by Gasteiger charge is 2.13. The molecule has 0 aliphatic heterocycles. The summed E-state index contributed by atoms with van der Waals surface area (Å²) in [4.78, 5) is 3.91. The highest BCUT2D eigenvalue weighted by molar-refractivity contribution is 6.31. The number of pyridine rings is 1. The molecule has 0 atom stereocenters. The summed E-state index contributed by atoms with van der Waals surface area (Å²) >= 11 is 5.69. The molecule has 100 valence electrons. The van der Waals surface area contributed by atoms with Crippen molar-refractivity contribution in [3.8, 4) is 5.75 Å². The minimum Gasteiger partial charge on any atom is -0.485 e. The largest absolute Gasteiger partial charge is 0.485 e. The first-order valence-electron chi connectivity index (χ1n) is 5.46. The van der Waals surface area contributed by atoms with Gasteiger partial charge in [-0.05, 0) is 30.7 Å². The molecule has 0 saturated carbocycles. The fourth-order valence-corrected chi connectivity index (χ4v) is 1.73. The summed E-state index contributed by atoms with van der Waals surface area (Å²) < 4.78 is 32.1. The predicted molar refractivity (Wildman–Crippen MR) is 69.1 cm³/mol. The van der Waals surface area contributed by atoms with E-state index in [4.69, 9.17) is 22.1 Å². The van der Waals surface area contributed by atoms with Crippen LogP contribution in [-0.2, 0) is 6.61 Å². The van der Waals surface area contributed by atoms with Crippen molar-refractivity contribution in [2.75, 3.05) is 5.73 Å². The number of halogens is 3. The molecule has 1 aromatic carbocycles. The van der Waals surface area contributed by atoms with E-state index in [-0.39, 0.29) is 23.0 Å². The van der Waals surface area contributed by atoms with E-state index in [0.717, 1.165) is 17.7 Å². The number of benzene rings is 1. The lowest BCUT2D eigenvalue weighted by Gasteiger charge is -2.11. The molecule has 1 aromatic heterocycles. The second-order valence-electron chi connectivity index (χ2n) is 4.01. The normalized spacial score (nSPS) is 10.5. The fraction of sp³-hybridized carbons (Fsp3) is 0.154. The maximum atomic E-state index is 13.5. The van der Waals surface area contributed by atoms with Gasteiger partial charge in [0.15, 0.2) is 11.6 Å². The fourth-order valence-electron chi connectivity index (χ4n) is 1.52. The van der Waals surface area contributed by atoms with Gasteiger partial charge in [-0.25, -0.2) is 13.8 Å². The van der Waals surface area contributed by atoms with Crippen molar-refractivity contribution in [2.24, 2.45) is 0 Å². The van der Waals surface area contributed by atoms with Crippen LogP contribution >= 0.6 is 11.6 Å². The Morgan fingerprint density at radius 2 is 2.00 bits per heavy atom. The van der Waals surface area contributed by atoms with E-state index < -0.39 is 11.6 Å². The number of aryl methyl sites for hydroxylation is 1. The van der Waals surface area contributed by atoms with Crippen LogP contribution in [0.3, 0.4) is 0 Å². The van der Waals surface area contributed by atoms with Crippen molar-refractivity contribution in [1.82, 2.24) is 4.98 Å². The van der Waals surface area contributed by atoms with Gasteiger partial charge in [0.1, 0.15) is 18.2 Å². The van der Waals surface area contributed by atoms with Crippen LogP contribution in [0.5, 0.6) is 5.75 Å². The maximum absolute atomic E-state index is 13.5. The first-order valence-corrected chi connectivity index (χ1v) is 5.84. The van der Waals surface area contributed by atoms with Gasteiger partial charge in [0.05, 0.1) is 5.02 Å². The van der Waals surface area contributed by atoms with Crippen LogP contribution in [-0.4, -0.2) is 4.98 Å². The predicted octanol–water partition coefficient (Wildman–Crippen LogP) is 3.48. The number of anilines is 1. The quantitative estimate of drug-likeness (QED) is 0.878. The zero-order valence-electron chi connectivity index (χ0n) is 10.1. The molecule has 0 bridgehead atoms. The highest BCUT2D eigenvalue weighted by Crippen LogP contribution is 2.26. The van der Waals surface area contributed by atoms with Gasteiger partial charge < -0.3 is 10.5 Å². The second kappa shape index (κ2) is 5.40. The van der Waals surface area contributed by atoms with Gasteiger partial charge in [0, 0.05) is 11.8 Å². The molecule has 0 saturated heterocycles. The van der Waals surface area contributed by atoms with Gasteiger partial charge in [-0.15, -0.1) is 0 Å². The number of nitrogen functional groups attached to an aromatic ring is 1. The lowest BCUT2D eigenvalue weighted by atomic mass is 10.2. The molecule has 0 fully saturated rings. The summed E-state index contributed by atoms with van der Waals surface area (Å²) in [5, 5.41) is -0.292. The second-order valence-corrected chi connectivity index (χ2v) is 4.38. The van der Waals surface area contributed by atoms with E-state index in [1.54, 1.807) is 12.3 Å². The summed E-state index contributed by atoms with van der Waals surface area (Å²) in [7, 11) is 0. The zero-order valence-corrected chi connectivity index (χ0v) is 10.8.